The molecule has 5 nitrogen and oxygen atoms in total. The molecule has 0 aromatic carbocycles. The monoisotopic (exact) mass is 245 g/mol. The molecule has 90 valence electrons. The van der Waals surface area contributed by atoms with E-state index in [2.05, 4.69) is 15.1 Å². The maximum atomic E-state index is 5.87. The summed E-state index contributed by atoms with van der Waals surface area (Å²) in [5.41, 5.74) is 0. The van der Waals surface area contributed by atoms with Crippen molar-refractivity contribution < 1.29 is 9.15 Å². The first-order valence-corrected chi connectivity index (χ1v) is 5.89. The number of hydrogen-bond acceptors (Lipinski definition) is 5. The van der Waals surface area contributed by atoms with Gasteiger partial charge in [0, 0.05) is 20.2 Å². The lowest BCUT2D eigenvalue weighted by atomic mass is 10.1. The zero-order valence-corrected chi connectivity index (χ0v) is 10.3. The molecule has 1 fully saturated rings. The van der Waals surface area contributed by atoms with Crippen LogP contribution in [0.3, 0.4) is 0 Å². The Kier molecular flexibility index (Phi) is 3.66. The van der Waals surface area contributed by atoms with Crippen molar-refractivity contribution in [2.24, 2.45) is 0 Å². The van der Waals surface area contributed by atoms with E-state index in [1.807, 2.05) is 6.92 Å². The highest BCUT2D eigenvalue weighted by atomic mass is 35.5. The Hall–Kier alpha value is -0.810. The Morgan fingerprint density at radius 3 is 2.62 bits per heavy atom. The van der Waals surface area contributed by atoms with Gasteiger partial charge >= 0.3 is 6.01 Å². The molecule has 1 aliphatic rings. The summed E-state index contributed by atoms with van der Waals surface area (Å²) >= 11 is 5.87. The summed E-state index contributed by atoms with van der Waals surface area (Å²) < 4.78 is 10.8. The Bertz CT molecular complexity index is 335. The highest BCUT2D eigenvalue weighted by Gasteiger charge is 2.23. The number of methoxy groups -OCH3 is 1. The van der Waals surface area contributed by atoms with E-state index >= 15 is 0 Å². The number of aromatic nitrogens is 2. The molecule has 0 spiro atoms. The number of rotatable bonds is 3. The average Bonchev–Trinajstić information content (AvgIpc) is 2.78. The van der Waals surface area contributed by atoms with E-state index in [0.29, 0.717) is 18.0 Å². The molecule has 1 aromatic rings. The molecule has 1 unspecified atom stereocenters. The maximum absolute atomic E-state index is 5.87. The molecule has 0 amide bonds. The first-order valence-electron chi connectivity index (χ1n) is 5.46. The second-order valence-electron chi connectivity index (χ2n) is 3.96. The zero-order chi connectivity index (χ0) is 11.5. The summed E-state index contributed by atoms with van der Waals surface area (Å²) in [4.78, 5) is 2.07. The summed E-state index contributed by atoms with van der Waals surface area (Å²) in [5.74, 6) is 0.477. The van der Waals surface area contributed by atoms with E-state index in [-0.39, 0.29) is 5.38 Å². The number of piperidine rings is 1. The van der Waals surface area contributed by atoms with E-state index < -0.39 is 0 Å². The molecule has 0 N–H and O–H groups in total. The fourth-order valence-electron chi connectivity index (χ4n) is 1.80. The summed E-state index contributed by atoms with van der Waals surface area (Å²) in [5, 5.41) is 7.67. The van der Waals surface area contributed by atoms with Crippen LogP contribution in [0.2, 0.25) is 0 Å². The molecule has 2 rings (SSSR count). The van der Waals surface area contributed by atoms with Crippen LogP contribution in [0.5, 0.6) is 0 Å². The van der Waals surface area contributed by atoms with Crippen LogP contribution in [-0.4, -0.2) is 36.5 Å². The van der Waals surface area contributed by atoms with Gasteiger partial charge in [-0.1, -0.05) is 5.10 Å². The van der Waals surface area contributed by atoms with Crippen molar-refractivity contribution in [3.63, 3.8) is 0 Å². The maximum Gasteiger partial charge on any atom is 0.318 e. The van der Waals surface area contributed by atoms with Crippen LogP contribution in [0.25, 0.3) is 0 Å². The first-order chi connectivity index (χ1) is 7.70. The van der Waals surface area contributed by atoms with Gasteiger partial charge in [0.15, 0.2) is 0 Å². The molecular weight excluding hydrogens is 230 g/mol. The predicted octanol–water partition coefficient (Wildman–Crippen LogP) is 1.98. The SMILES string of the molecule is COC1CCN(c2nnc(C(C)Cl)o2)CC1. The quantitative estimate of drug-likeness (QED) is 0.763. The van der Waals surface area contributed by atoms with Gasteiger partial charge in [-0.2, -0.15) is 0 Å². The van der Waals surface area contributed by atoms with Crippen LogP contribution in [0.4, 0.5) is 6.01 Å². The number of anilines is 1. The van der Waals surface area contributed by atoms with Gasteiger partial charge in [0.1, 0.15) is 5.38 Å². The predicted molar refractivity (Wildman–Crippen MR) is 60.8 cm³/mol. The fourth-order valence-corrected chi connectivity index (χ4v) is 1.89. The molecule has 1 atom stereocenters. The van der Waals surface area contributed by atoms with E-state index in [9.17, 15) is 0 Å². The third kappa shape index (κ3) is 2.47. The van der Waals surface area contributed by atoms with Gasteiger partial charge in [0.05, 0.1) is 6.10 Å². The molecule has 6 heteroatoms. The van der Waals surface area contributed by atoms with Crippen LogP contribution in [-0.2, 0) is 4.74 Å². The van der Waals surface area contributed by atoms with E-state index in [1.54, 1.807) is 7.11 Å². The molecule has 2 heterocycles. The Labute approximate surface area is 99.7 Å². The normalized spacial score (nSPS) is 20.1. The molecule has 0 radical (unpaired) electrons. The minimum absolute atomic E-state index is 0.238. The van der Waals surface area contributed by atoms with Crippen LogP contribution in [0, 0.1) is 0 Å². The lowest BCUT2D eigenvalue weighted by molar-refractivity contribution is 0.0810. The van der Waals surface area contributed by atoms with Gasteiger partial charge in [0.25, 0.3) is 0 Å². The minimum atomic E-state index is -0.238. The van der Waals surface area contributed by atoms with Gasteiger partial charge in [-0.05, 0) is 19.8 Å². The minimum Gasteiger partial charge on any atom is -0.406 e. The highest BCUT2D eigenvalue weighted by molar-refractivity contribution is 6.20. The third-order valence-corrected chi connectivity index (χ3v) is 3.00. The van der Waals surface area contributed by atoms with Crippen LogP contribution in [0.1, 0.15) is 31.0 Å². The van der Waals surface area contributed by atoms with Crippen molar-refractivity contribution in [2.75, 3.05) is 25.1 Å². The highest BCUT2D eigenvalue weighted by Crippen LogP contribution is 2.24. The smallest absolute Gasteiger partial charge is 0.318 e. The second-order valence-corrected chi connectivity index (χ2v) is 4.62. The summed E-state index contributed by atoms with van der Waals surface area (Å²) in [6, 6.07) is 0.567. The summed E-state index contributed by atoms with van der Waals surface area (Å²) in [6.07, 6.45) is 2.33. The van der Waals surface area contributed by atoms with E-state index in [1.165, 1.54) is 0 Å². The Morgan fingerprint density at radius 1 is 1.44 bits per heavy atom. The standard InChI is InChI=1S/C10H16ClN3O2/c1-7(11)9-12-13-10(16-9)14-5-3-8(15-2)4-6-14/h7-8H,3-6H2,1-2H3. The van der Waals surface area contributed by atoms with Crippen molar-refractivity contribution in [1.29, 1.82) is 0 Å². The van der Waals surface area contributed by atoms with Crippen molar-refractivity contribution >= 4 is 17.6 Å². The van der Waals surface area contributed by atoms with Crippen LogP contribution in [0.15, 0.2) is 4.42 Å². The topological polar surface area (TPSA) is 51.4 Å². The van der Waals surface area contributed by atoms with Crippen molar-refractivity contribution in [3.05, 3.63) is 5.89 Å². The fraction of sp³-hybridized carbons (Fsp3) is 0.800. The van der Waals surface area contributed by atoms with E-state index in [0.717, 1.165) is 25.9 Å². The molecular formula is C10H16ClN3O2. The number of ether oxygens (including phenoxy) is 1. The van der Waals surface area contributed by atoms with Gasteiger partial charge in [-0.25, -0.2) is 0 Å². The van der Waals surface area contributed by atoms with Gasteiger partial charge in [-0.15, -0.1) is 16.7 Å². The molecule has 16 heavy (non-hydrogen) atoms. The summed E-state index contributed by atoms with van der Waals surface area (Å²) in [6.45, 7) is 3.59. The molecule has 0 saturated carbocycles. The molecule has 0 aliphatic carbocycles. The molecule has 0 bridgehead atoms. The van der Waals surface area contributed by atoms with Gasteiger partial charge in [-0.3, -0.25) is 0 Å². The van der Waals surface area contributed by atoms with Crippen LogP contribution >= 0.6 is 11.6 Å². The Balaban J connectivity index is 1.97. The first kappa shape index (κ1) is 11.7. The summed E-state index contributed by atoms with van der Waals surface area (Å²) in [7, 11) is 1.75. The largest absolute Gasteiger partial charge is 0.406 e. The van der Waals surface area contributed by atoms with E-state index in [4.69, 9.17) is 20.8 Å². The zero-order valence-electron chi connectivity index (χ0n) is 9.52. The lowest BCUT2D eigenvalue weighted by Crippen LogP contribution is -2.36. The molecule has 1 saturated heterocycles. The second kappa shape index (κ2) is 5.01. The number of halogens is 1. The molecule has 1 aromatic heterocycles. The van der Waals surface area contributed by atoms with Crippen molar-refractivity contribution in [1.82, 2.24) is 10.2 Å². The number of nitrogens with zero attached hydrogens (tertiary/aromatic N) is 3. The van der Waals surface area contributed by atoms with Gasteiger partial charge in [0.2, 0.25) is 5.89 Å². The molecule has 1 aliphatic heterocycles. The average molecular weight is 246 g/mol. The van der Waals surface area contributed by atoms with Crippen molar-refractivity contribution in [3.8, 4) is 0 Å². The van der Waals surface area contributed by atoms with Crippen molar-refractivity contribution in [2.45, 2.75) is 31.2 Å². The number of alkyl halides is 1. The lowest BCUT2D eigenvalue weighted by Gasteiger charge is -2.29. The Morgan fingerprint density at radius 2 is 2.12 bits per heavy atom. The van der Waals surface area contributed by atoms with Gasteiger partial charge < -0.3 is 14.1 Å². The third-order valence-electron chi connectivity index (χ3n) is 2.82. The number of hydrogen-bond donors (Lipinski definition) is 0. The van der Waals surface area contributed by atoms with Crippen LogP contribution < -0.4 is 4.90 Å².